The third-order valence-corrected chi connectivity index (χ3v) is 5.97. The van der Waals surface area contributed by atoms with E-state index in [-0.39, 0.29) is 36.2 Å². The second-order valence-electron chi connectivity index (χ2n) is 6.32. The fourth-order valence-corrected chi connectivity index (χ4v) is 4.14. The highest BCUT2D eigenvalue weighted by atomic mass is 32.2. The Hall–Kier alpha value is -2.71. The topological polar surface area (TPSA) is 86.8 Å². The molecule has 0 fully saturated rings. The van der Waals surface area contributed by atoms with E-state index < -0.39 is 10.0 Å². The number of rotatable bonds is 6. The van der Waals surface area contributed by atoms with Gasteiger partial charge in [0.2, 0.25) is 21.8 Å². The van der Waals surface area contributed by atoms with Crippen molar-refractivity contribution >= 4 is 33.2 Å². The largest absolute Gasteiger partial charge is 0.315 e. The summed E-state index contributed by atoms with van der Waals surface area (Å²) >= 11 is 0. The molecule has 2 amide bonds. The summed E-state index contributed by atoms with van der Waals surface area (Å²) in [7, 11) is -2.07. The number of nitrogens with one attached hydrogen (secondary N) is 1. The van der Waals surface area contributed by atoms with Gasteiger partial charge < -0.3 is 9.80 Å². The molecule has 2 aromatic rings. The van der Waals surface area contributed by atoms with Crippen LogP contribution in [0.2, 0.25) is 0 Å². The van der Waals surface area contributed by atoms with Gasteiger partial charge in [0.05, 0.1) is 11.3 Å². The Morgan fingerprint density at radius 2 is 1.89 bits per heavy atom. The summed E-state index contributed by atoms with van der Waals surface area (Å²) in [6.07, 6.45) is 0.196. The van der Waals surface area contributed by atoms with Crippen molar-refractivity contribution in [2.75, 3.05) is 29.9 Å². The molecule has 0 saturated carbocycles. The Morgan fingerprint density at radius 3 is 2.56 bits per heavy atom. The summed E-state index contributed by atoms with van der Waals surface area (Å²) in [5.74, 6) is -0.230. The molecule has 0 aliphatic carbocycles. The quantitative estimate of drug-likeness (QED) is 0.815. The van der Waals surface area contributed by atoms with Gasteiger partial charge in [-0.1, -0.05) is 18.2 Å². The standard InChI is InChI=1S/C19H21N3O4S/c1-14(23)22(16-6-4-3-5-7-16)11-10-20-27(25,26)17-8-9-18-15(12-17)13-19(24)21(18)2/h3-9,12,20H,10-11,13H2,1-2H3. The Bertz CT molecular complexity index is 974. The first kappa shape index (κ1) is 19.1. The van der Waals surface area contributed by atoms with Gasteiger partial charge in [0.25, 0.3) is 0 Å². The number of carbonyl (C=O) groups excluding carboxylic acids is 2. The molecule has 7 nitrogen and oxygen atoms in total. The number of para-hydroxylation sites is 1. The van der Waals surface area contributed by atoms with Gasteiger partial charge in [-0.05, 0) is 35.9 Å². The number of carbonyl (C=O) groups is 2. The van der Waals surface area contributed by atoms with Crippen molar-refractivity contribution in [3.8, 4) is 0 Å². The lowest BCUT2D eigenvalue weighted by Crippen LogP contribution is -2.37. The van der Waals surface area contributed by atoms with Crippen molar-refractivity contribution in [3.63, 3.8) is 0 Å². The molecular formula is C19H21N3O4S. The van der Waals surface area contributed by atoms with E-state index in [2.05, 4.69) is 4.72 Å². The van der Waals surface area contributed by atoms with Crippen LogP contribution in [0.3, 0.4) is 0 Å². The lowest BCUT2D eigenvalue weighted by atomic mass is 10.2. The van der Waals surface area contributed by atoms with E-state index in [4.69, 9.17) is 0 Å². The van der Waals surface area contributed by atoms with E-state index in [1.807, 2.05) is 18.2 Å². The fraction of sp³-hybridized carbons (Fsp3) is 0.263. The van der Waals surface area contributed by atoms with Gasteiger partial charge in [-0.2, -0.15) is 0 Å². The molecule has 0 radical (unpaired) electrons. The second-order valence-corrected chi connectivity index (χ2v) is 8.09. The zero-order chi connectivity index (χ0) is 19.6. The predicted molar refractivity (Wildman–Crippen MR) is 103 cm³/mol. The minimum atomic E-state index is -3.74. The highest BCUT2D eigenvalue weighted by Crippen LogP contribution is 2.29. The van der Waals surface area contributed by atoms with Crippen LogP contribution >= 0.6 is 0 Å². The number of sulfonamides is 1. The first-order valence-electron chi connectivity index (χ1n) is 8.52. The van der Waals surface area contributed by atoms with Crippen LogP contribution < -0.4 is 14.5 Å². The summed E-state index contributed by atoms with van der Waals surface area (Å²) in [5.41, 5.74) is 2.13. The third kappa shape index (κ3) is 4.01. The number of amides is 2. The first-order chi connectivity index (χ1) is 12.8. The average Bonchev–Trinajstić information content (AvgIpc) is 2.93. The lowest BCUT2D eigenvalue weighted by Gasteiger charge is -2.21. The Kier molecular flexibility index (Phi) is 5.29. The predicted octanol–water partition coefficient (Wildman–Crippen LogP) is 1.54. The molecule has 0 aromatic heterocycles. The normalized spacial score (nSPS) is 13.6. The molecule has 1 aliphatic heterocycles. The molecule has 0 unspecified atom stereocenters. The summed E-state index contributed by atoms with van der Waals surface area (Å²) in [6.45, 7) is 1.73. The molecule has 2 aromatic carbocycles. The van der Waals surface area contributed by atoms with Crippen molar-refractivity contribution < 1.29 is 18.0 Å². The second kappa shape index (κ2) is 7.50. The van der Waals surface area contributed by atoms with Gasteiger partial charge in [0.1, 0.15) is 0 Å². The van der Waals surface area contributed by atoms with Crippen molar-refractivity contribution in [2.24, 2.45) is 0 Å². The Morgan fingerprint density at radius 1 is 1.19 bits per heavy atom. The zero-order valence-corrected chi connectivity index (χ0v) is 16.0. The van der Waals surface area contributed by atoms with Crippen molar-refractivity contribution in [1.82, 2.24) is 4.72 Å². The summed E-state index contributed by atoms with van der Waals surface area (Å²) in [4.78, 5) is 26.8. The van der Waals surface area contributed by atoms with Crippen LogP contribution in [0.15, 0.2) is 53.4 Å². The minimum Gasteiger partial charge on any atom is -0.315 e. The number of nitrogens with zero attached hydrogens (tertiary/aromatic N) is 2. The molecule has 0 spiro atoms. The number of fused-ring (bicyclic) bond motifs is 1. The van der Waals surface area contributed by atoms with Crippen LogP contribution in [0, 0.1) is 0 Å². The maximum absolute atomic E-state index is 12.6. The van der Waals surface area contributed by atoms with Gasteiger partial charge in [0, 0.05) is 38.4 Å². The minimum absolute atomic E-state index is 0.0625. The zero-order valence-electron chi connectivity index (χ0n) is 15.2. The van der Waals surface area contributed by atoms with E-state index in [9.17, 15) is 18.0 Å². The smallest absolute Gasteiger partial charge is 0.240 e. The molecule has 0 atom stereocenters. The van der Waals surface area contributed by atoms with Crippen molar-refractivity contribution in [1.29, 1.82) is 0 Å². The summed E-state index contributed by atoms with van der Waals surface area (Å²) in [5, 5.41) is 0. The molecular weight excluding hydrogens is 366 g/mol. The first-order valence-corrected chi connectivity index (χ1v) is 10.0. The molecule has 1 N–H and O–H groups in total. The van der Waals surface area contributed by atoms with Gasteiger partial charge >= 0.3 is 0 Å². The van der Waals surface area contributed by atoms with E-state index in [0.717, 1.165) is 5.69 Å². The molecule has 1 aliphatic rings. The lowest BCUT2D eigenvalue weighted by molar-refractivity contribution is -0.117. The number of likely N-dealkylation sites (N-methyl/N-ethyl adjacent to an activating group) is 1. The third-order valence-electron chi connectivity index (χ3n) is 4.51. The van der Waals surface area contributed by atoms with Gasteiger partial charge in [0.15, 0.2) is 0 Å². The van der Waals surface area contributed by atoms with Crippen molar-refractivity contribution in [2.45, 2.75) is 18.2 Å². The van der Waals surface area contributed by atoms with Crippen LogP contribution in [0.25, 0.3) is 0 Å². The van der Waals surface area contributed by atoms with Gasteiger partial charge in [-0.25, -0.2) is 13.1 Å². The Balaban J connectivity index is 1.70. The maximum atomic E-state index is 12.6. The number of hydrogen-bond acceptors (Lipinski definition) is 4. The van der Waals surface area contributed by atoms with Crippen LogP contribution in [0.5, 0.6) is 0 Å². The SMILES string of the molecule is CC(=O)N(CCNS(=O)(=O)c1ccc2c(c1)CC(=O)N2C)c1ccccc1. The van der Waals surface area contributed by atoms with Crippen molar-refractivity contribution in [3.05, 3.63) is 54.1 Å². The van der Waals surface area contributed by atoms with E-state index >= 15 is 0 Å². The average molecular weight is 387 g/mol. The highest BCUT2D eigenvalue weighted by molar-refractivity contribution is 7.89. The fourth-order valence-electron chi connectivity index (χ4n) is 3.07. The van der Waals surface area contributed by atoms with E-state index in [0.29, 0.717) is 11.3 Å². The Labute approximate surface area is 158 Å². The van der Waals surface area contributed by atoms with Crippen LogP contribution in [-0.4, -0.2) is 40.4 Å². The number of anilines is 2. The highest BCUT2D eigenvalue weighted by Gasteiger charge is 2.26. The monoisotopic (exact) mass is 387 g/mol. The van der Waals surface area contributed by atoms with E-state index in [1.165, 1.54) is 28.9 Å². The summed E-state index contributed by atoms with van der Waals surface area (Å²) in [6, 6.07) is 13.7. The van der Waals surface area contributed by atoms with E-state index in [1.54, 1.807) is 25.2 Å². The van der Waals surface area contributed by atoms with Crippen LogP contribution in [0.1, 0.15) is 12.5 Å². The van der Waals surface area contributed by atoms with Crippen LogP contribution in [0.4, 0.5) is 11.4 Å². The molecule has 0 bridgehead atoms. The van der Waals surface area contributed by atoms with Gasteiger partial charge in [-0.3, -0.25) is 9.59 Å². The molecule has 3 rings (SSSR count). The number of benzene rings is 2. The number of hydrogen-bond donors (Lipinski definition) is 1. The molecule has 142 valence electrons. The molecule has 0 saturated heterocycles. The molecule has 27 heavy (non-hydrogen) atoms. The molecule has 8 heteroatoms. The van der Waals surface area contributed by atoms with Gasteiger partial charge in [-0.15, -0.1) is 0 Å². The molecule has 1 heterocycles. The maximum Gasteiger partial charge on any atom is 0.240 e. The van der Waals surface area contributed by atoms with Crippen LogP contribution in [-0.2, 0) is 26.0 Å². The summed E-state index contributed by atoms with van der Waals surface area (Å²) < 4.78 is 27.7.